The Labute approximate surface area is 131 Å². The minimum atomic E-state index is -6.00. The molecule has 0 N–H and O–H groups in total. The predicted octanol–water partition coefficient (Wildman–Crippen LogP) is 6.06. The van der Waals surface area contributed by atoms with Crippen LogP contribution >= 0.6 is 0 Å². The van der Waals surface area contributed by atoms with Crippen LogP contribution in [0.4, 0.5) is 30.4 Å². The fourth-order valence-corrected chi connectivity index (χ4v) is 2.26. The fourth-order valence-electron chi connectivity index (χ4n) is 2.26. The van der Waals surface area contributed by atoms with Crippen molar-refractivity contribution in [3.8, 4) is 5.75 Å². The Bertz CT molecular complexity index is 846. The van der Waals surface area contributed by atoms with Crippen LogP contribution in [0.2, 0.25) is 0 Å². The SMILES string of the molecule is COc1ccc2c(c1)c1ccccc1[o+]2C(F)(F)F.F[B-](F)(F)F. The van der Waals surface area contributed by atoms with Crippen LogP contribution in [0.15, 0.2) is 46.5 Å². The first kappa shape index (κ1) is 18.0. The molecule has 0 amide bonds. The van der Waals surface area contributed by atoms with Crippen LogP contribution in [0.25, 0.3) is 21.9 Å². The van der Waals surface area contributed by atoms with Crippen molar-refractivity contribution >= 4 is 29.2 Å². The summed E-state index contributed by atoms with van der Waals surface area (Å²) in [4.78, 5) is 0. The van der Waals surface area contributed by atoms with E-state index in [-0.39, 0.29) is 11.2 Å². The summed E-state index contributed by atoms with van der Waals surface area (Å²) in [6.07, 6.45) is -4.53. The molecule has 0 saturated carbocycles. The molecule has 0 radical (unpaired) electrons. The summed E-state index contributed by atoms with van der Waals surface area (Å²) in [5.41, 5.74) is 0.118. The molecule has 0 aliphatic rings. The normalized spacial score (nSPS) is 12.2. The van der Waals surface area contributed by atoms with E-state index in [2.05, 4.69) is 0 Å². The molecule has 10 heteroatoms. The van der Waals surface area contributed by atoms with Gasteiger partial charge in [0.1, 0.15) is 5.75 Å². The molecule has 0 atom stereocenters. The van der Waals surface area contributed by atoms with Crippen LogP contribution in [-0.2, 0) is 6.36 Å². The summed E-state index contributed by atoms with van der Waals surface area (Å²) in [5, 5.41) is 1.02. The zero-order valence-electron chi connectivity index (χ0n) is 12.1. The number of halogens is 7. The average molecular weight is 354 g/mol. The Kier molecular flexibility index (Phi) is 4.68. The van der Waals surface area contributed by atoms with Gasteiger partial charge < -0.3 is 26.0 Å². The van der Waals surface area contributed by atoms with Gasteiger partial charge in [0.15, 0.2) is 0 Å². The second kappa shape index (κ2) is 6.25. The molecule has 2 nitrogen and oxygen atoms in total. The van der Waals surface area contributed by atoms with Crippen LogP contribution in [-0.4, -0.2) is 14.4 Å². The van der Waals surface area contributed by atoms with Crippen molar-refractivity contribution in [3.05, 3.63) is 42.5 Å². The number of alkyl halides is 3. The van der Waals surface area contributed by atoms with E-state index < -0.39 is 13.6 Å². The van der Waals surface area contributed by atoms with Crippen molar-refractivity contribution in [3.63, 3.8) is 0 Å². The lowest BCUT2D eigenvalue weighted by atomic mass is 10.1. The standard InChI is InChI=1S/C14H10F3O2.BF4/c1-18-9-6-7-13-11(8-9)10-4-2-3-5-12(10)19(13)14(15,16)17;2-1(3,4)5/h2-8H,1H3;/q+1;-1. The third-order valence-corrected chi connectivity index (χ3v) is 3.04. The molecule has 3 aromatic rings. The van der Waals surface area contributed by atoms with Gasteiger partial charge in [-0.2, -0.15) is 0 Å². The maximum atomic E-state index is 13.2. The average Bonchev–Trinajstić information content (AvgIpc) is 2.79. The topological polar surface area (TPSA) is 11.9 Å². The van der Waals surface area contributed by atoms with E-state index in [0.29, 0.717) is 16.5 Å². The van der Waals surface area contributed by atoms with E-state index in [0.717, 1.165) is 0 Å². The summed E-state index contributed by atoms with van der Waals surface area (Å²) in [6.45, 7) is 0. The van der Waals surface area contributed by atoms with Crippen molar-refractivity contribution in [2.75, 3.05) is 7.11 Å². The zero-order valence-corrected chi connectivity index (χ0v) is 12.1. The minimum absolute atomic E-state index is 0.0505. The monoisotopic (exact) mass is 354 g/mol. The van der Waals surface area contributed by atoms with Crippen LogP contribution in [0.5, 0.6) is 5.75 Å². The van der Waals surface area contributed by atoms with Crippen LogP contribution in [0.1, 0.15) is 0 Å². The van der Waals surface area contributed by atoms with Crippen molar-refractivity contribution in [1.29, 1.82) is 0 Å². The highest BCUT2D eigenvalue weighted by molar-refractivity contribution is 6.50. The quantitative estimate of drug-likeness (QED) is 0.294. The molecule has 1 heterocycles. The predicted molar refractivity (Wildman–Crippen MR) is 76.4 cm³/mol. The smallest absolute Gasteiger partial charge is 0.497 e. The number of ether oxygens (including phenoxy) is 1. The molecular weight excluding hydrogens is 344 g/mol. The molecule has 0 saturated heterocycles. The van der Waals surface area contributed by atoms with Crippen LogP contribution in [0.3, 0.4) is 0 Å². The first-order valence-corrected chi connectivity index (χ1v) is 6.48. The number of hydrogen-bond acceptors (Lipinski definition) is 1. The molecule has 0 fully saturated rings. The number of para-hydroxylation sites is 1. The molecule has 130 valence electrons. The van der Waals surface area contributed by atoms with Crippen molar-refractivity contribution in [1.82, 2.24) is 0 Å². The van der Waals surface area contributed by atoms with Crippen molar-refractivity contribution < 1.29 is 39.2 Å². The minimum Gasteiger partial charge on any atom is -0.497 e. The number of furan rings is 1. The van der Waals surface area contributed by atoms with Gasteiger partial charge in [0, 0.05) is 12.1 Å². The van der Waals surface area contributed by atoms with Gasteiger partial charge in [-0.1, -0.05) is 25.3 Å². The second-order valence-electron chi connectivity index (χ2n) is 4.61. The number of benzene rings is 2. The van der Waals surface area contributed by atoms with E-state index in [9.17, 15) is 30.4 Å². The lowest BCUT2D eigenvalue weighted by molar-refractivity contribution is -0.354. The maximum Gasteiger partial charge on any atom is 0.701 e. The Morgan fingerprint density at radius 2 is 1.42 bits per heavy atom. The maximum absolute atomic E-state index is 13.2. The lowest BCUT2D eigenvalue weighted by Crippen LogP contribution is -2.03. The Balaban J connectivity index is 0.000000368. The highest BCUT2D eigenvalue weighted by Crippen LogP contribution is 2.44. The summed E-state index contributed by atoms with van der Waals surface area (Å²) in [7, 11) is -4.52. The van der Waals surface area contributed by atoms with Gasteiger partial charge in [-0.15, -0.1) is 0 Å². The van der Waals surface area contributed by atoms with E-state index >= 15 is 0 Å². The van der Waals surface area contributed by atoms with Crippen LogP contribution < -0.4 is 4.74 Å². The Morgan fingerprint density at radius 1 is 0.875 bits per heavy atom. The number of rotatable bonds is 1. The molecule has 0 unspecified atom stereocenters. The molecular formula is C14H10BF7O2. The van der Waals surface area contributed by atoms with Crippen molar-refractivity contribution in [2.45, 2.75) is 6.36 Å². The van der Waals surface area contributed by atoms with Gasteiger partial charge in [0.25, 0.3) is 11.2 Å². The molecule has 0 aliphatic carbocycles. The van der Waals surface area contributed by atoms with Gasteiger partial charge in [0.2, 0.25) is 0 Å². The highest BCUT2D eigenvalue weighted by Gasteiger charge is 2.44. The number of fused-ring (bicyclic) bond motifs is 3. The van der Waals surface area contributed by atoms with Crippen molar-refractivity contribution in [2.24, 2.45) is 0 Å². The van der Waals surface area contributed by atoms with Crippen LogP contribution in [0, 0.1) is 0 Å². The molecule has 1 aromatic heterocycles. The third kappa shape index (κ3) is 3.92. The molecule has 2 aromatic carbocycles. The zero-order chi connectivity index (χ0) is 18.1. The van der Waals surface area contributed by atoms with E-state index in [1.807, 2.05) is 0 Å². The van der Waals surface area contributed by atoms with E-state index in [4.69, 9.17) is 4.74 Å². The van der Waals surface area contributed by atoms with Gasteiger partial charge in [-0.05, 0) is 18.2 Å². The molecule has 0 bridgehead atoms. The summed E-state index contributed by atoms with van der Waals surface area (Å²) >= 11 is 0. The third-order valence-electron chi connectivity index (χ3n) is 3.04. The van der Waals surface area contributed by atoms with E-state index in [1.54, 1.807) is 24.3 Å². The lowest BCUT2D eigenvalue weighted by Gasteiger charge is -2.07. The Morgan fingerprint density at radius 3 is 1.96 bits per heavy atom. The van der Waals surface area contributed by atoms with Gasteiger partial charge in [-0.25, -0.2) is 0 Å². The van der Waals surface area contributed by atoms with Gasteiger partial charge in [0.05, 0.1) is 17.9 Å². The van der Waals surface area contributed by atoms with E-state index in [1.165, 1.54) is 29.4 Å². The highest BCUT2D eigenvalue weighted by atomic mass is 19.5. The largest absolute Gasteiger partial charge is 0.701 e. The number of hydrogen-bond donors (Lipinski definition) is 0. The Hall–Kier alpha value is -2.39. The fraction of sp³-hybridized carbons (Fsp3) is 0.143. The molecule has 3 rings (SSSR count). The van der Waals surface area contributed by atoms with Gasteiger partial charge in [-0.3, -0.25) is 0 Å². The summed E-state index contributed by atoms with van der Waals surface area (Å²) in [6, 6.07) is 10.9. The summed E-state index contributed by atoms with van der Waals surface area (Å²) in [5.74, 6) is 0.526. The molecule has 0 spiro atoms. The number of methoxy groups -OCH3 is 1. The summed E-state index contributed by atoms with van der Waals surface area (Å²) < 4.78 is 84.9. The van der Waals surface area contributed by atoms with Gasteiger partial charge >= 0.3 is 13.6 Å². The second-order valence-corrected chi connectivity index (χ2v) is 4.61. The first-order valence-electron chi connectivity index (χ1n) is 6.48. The first-order chi connectivity index (χ1) is 11.0. The molecule has 0 aliphatic heterocycles. The molecule has 24 heavy (non-hydrogen) atoms.